The summed E-state index contributed by atoms with van der Waals surface area (Å²) in [5.41, 5.74) is 6.11. The maximum atomic E-state index is 13.0. The number of hydrogen-bond acceptors (Lipinski definition) is 3. The van der Waals surface area contributed by atoms with Gasteiger partial charge in [0.1, 0.15) is 0 Å². The minimum atomic E-state index is 0.218. The summed E-state index contributed by atoms with van der Waals surface area (Å²) in [5, 5.41) is 5.32. The van der Waals surface area contributed by atoms with Crippen LogP contribution in [0.2, 0.25) is 5.02 Å². The highest BCUT2D eigenvalue weighted by molar-refractivity contribution is 6.31. The molecule has 0 spiro atoms. The van der Waals surface area contributed by atoms with Crippen LogP contribution in [0.5, 0.6) is 0 Å². The monoisotopic (exact) mass is 410 g/mol. The molecule has 0 radical (unpaired) electrons. The zero-order chi connectivity index (χ0) is 20.5. The van der Waals surface area contributed by atoms with Crippen LogP contribution < -0.4 is 0 Å². The summed E-state index contributed by atoms with van der Waals surface area (Å²) in [6.07, 6.45) is 4.10. The van der Waals surface area contributed by atoms with Crippen molar-refractivity contribution in [1.82, 2.24) is 19.5 Å². The zero-order valence-corrected chi connectivity index (χ0v) is 18.0. The van der Waals surface area contributed by atoms with Gasteiger partial charge in [-0.05, 0) is 63.6 Å². The first-order chi connectivity index (χ1) is 13.9. The Morgan fingerprint density at radius 3 is 2.83 bits per heavy atom. The second kappa shape index (κ2) is 8.15. The molecule has 3 heterocycles. The zero-order valence-electron chi connectivity index (χ0n) is 17.3. The maximum Gasteiger partial charge on any atom is 0.223 e. The van der Waals surface area contributed by atoms with E-state index in [-0.39, 0.29) is 11.9 Å². The van der Waals surface area contributed by atoms with Crippen LogP contribution in [0.1, 0.15) is 47.5 Å². The Balaban J connectivity index is 1.47. The van der Waals surface area contributed by atoms with Crippen molar-refractivity contribution in [2.45, 2.75) is 58.9 Å². The number of carbonyl (C=O) groups excluding carboxylic acids is 1. The van der Waals surface area contributed by atoms with E-state index in [1.807, 2.05) is 42.6 Å². The van der Waals surface area contributed by atoms with Gasteiger partial charge in [0, 0.05) is 41.5 Å². The van der Waals surface area contributed by atoms with Crippen molar-refractivity contribution in [1.29, 1.82) is 0 Å². The molecule has 1 aliphatic rings. The van der Waals surface area contributed by atoms with Gasteiger partial charge in [-0.25, -0.2) is 9.50 Å². The van der Waals surface area contributed by atoms with Gasteiger partial charge < -0.3 is 4.90 Å². The smallest absolute Gasteiger partial charge is 0.223 e. The van der Waals surface area contributed by atoms with Crippen LogP contribution in [0.4, 0.5) is 0 Å². The molecule has 1 saturated heterocycles. The number of fused-ring (bicyclic) bond motifs is 1. The maximum absolute atomic E-state index is 13.0. The van der Waals surface area contributed by atoms with Crippen molar-refractivity contribution >= 4 is 23.2 Å². The van der Waals surface area contributed by atoms with Gasteiger partial charge in [0.05, 0.1) is 5.69 Å². The largest absolute Gasteiger partial charge is 0.339 e. The number of amides is 1. The van der Waals surface area contributed by atoms with E-state index in [1.165, 1.54) is 0 Å². The summed E-state index contributed by atoms with van der Waals surface area (Å²) in [6, 6.07) is 10.2. The SMILES string of the molecule is Cc1cc2nc(C)c(CCC(=O)N3CCCC3Cc3ccccc3Cl)c(C)n2n1. The third kappa shape index (κ3) is 4.01. The van der Waals surface area contributed by atoms with Gasteiger partial charge in [-0.1, -0.05) is 29.8 Å². The molecule has 4 rings (SSSR count). The fourth-order valence-corrected chi connectivity index (χ4v) is 4.69. The quantitative estimate of drug-likeness (QED) is 0.623. The van der Waals surface area contributed by atoms with Gasteiger partial charge in [0.15, 0.2) is 5.65 Å². The lowest BCUT2D eigenvalue weighted by Gasteiger charge is -2.25. The van der Waals surface area contributed by atoms with E-state index >= 15 is 0 Å². The summed E-state index contributed by atoms with van der Waals surface area (Å²) in [4.78, 5) is 19.8. The molecule has 3 aromatic rings. The molecule has 6 heteroatoms. The Morgan fingerprint density at radius 1 is 1.24 bits per heavy atom. The molecule has 2 aromatic heterocycles. The highest BCUT2D eigenvalue weighted by atomic mass is 35.5. The van der Waals surface area contributed by atoms with Crippen molar-refractivity contribution in [3.63, 3.8) is 0 Å². The molecule has 1 aromatic carbocycles. The molecule has 0 saturated carbocycles. The molecular formula is C23H27ClN4O. The summed E-state index contributed by atoms with van der Waals surface area (Å²) < 4.78 is 1.89. The molecule has 0 aliphatic carbocycles. The van der Waals surface area contributed by atoms with Gasteiger partial charge in [0.25, 0.3) is 0 Å². The normalized spacial score (nSPS) is 16.7. The predicted molar refractivity (Wildman–Crippen MR) is 115 cm³/mol. The highest BCUT2D eigenvalue weighted by Crippen LogP contribution is 2.26. The van der Waals surface area contributed by atoms with Crippen molar-refractivity contribution < 1.29 is 4.79 Å². The number of rotatable bonds is 5. The van der Waals surface area contributed by atoms with Crippen molar-refractivity contribution in [3.8, 4) is 0 Å². The first-order valence-corrected chi connectivity index (χ1v) is 10.7. The fraction of sp³-hybridized carbons (Fsp3) is 0.435. The van der Waals surface area contributed by atoms with Crippen molar-refractivity contribution in [2.75, 3.05) is 6.54 Å². The van der Waals surface area contributed by atoms with Gasteiger partial charge in [-0.15, -0.1) is 0 Å². The number of nitrogens with zero attached hydrogens (tertiary/aromatic N) is 4. The van der Waals surface area contributed by atoms with Crippen LogP contribution in [0.25, 0.3) is 5.65 Å². The second-order valence-corrected chi connectivity index (χ2v) is 8.40. The number of carbonyl (C=O) groups is 1. The van der Waals surface area contributed by atoms with Crippen LogP contribution in [-0.4, -0.2) is 38.0 Å². The summed E-state index contributed by atoms with van der Waals surface area (Å²) >= 11 is 6.34. The van der Waals surface area contributed by atoms with E-state index < -0.39 is 0 Å². The third-order valence-electron chi connectivity index (χ3n) is 5.99. The van der Waals surface area contributed by atoms with Crippen molar-refractivity contribution in [3.05, 3.63) is 63.6 Å². The fourth-order valence-electron chi connectivity index (χ4n) is 4.47. The molecule has 29 heavy (non-hydrogen) atoms. The Bertz CT molecular complexity index is 1060. The molecule has 1 fully saturated rings. The number of benzene rings is 1. The lowest BCUT2D eigenvalue weighted by atomic mass is 10.0. The average molecular weight is 411 g/mol. The summed E-state index contributed by atoms with van der Waals surface area (Å²) in [7, 11) is 0. The number of halogens is 1. The topological polar surface area (TPSA) is 50.5 Å². The van der Waals surface area contributed by atoms with Crippen LogP contribution in [0.3, 0.4) is 0 Å². The Labute approximate surface area is 176 Å². The average Bonchev–Trinajstić information content (AvgIpc) is 3.29. The van der Waals surface area contributed by atoms with E-state index in [0.29, 0.717) is 12.8 Å². The summed E-state index contributed by atoms with van der Waals surface area (Å²) in [5.74, 6) is 0.218. The van der Waals surface area contributed by atoms with Crippen LogP contribution in [0, 0.1) is 20.8 Å². The number of likely N-dealkylation sites (tertiary alicyclic amines) is 1. The van der Waals surface area contributed by atoms with Crippen LogP contribution in [-0.2, 0) is 17.6 Å². The van der Waals surface area contributed by atoms with Gasteiger partial charge in [-0.3, -0.25) is 4.79 Å². The van der Waals surface area contributed by atoms with Crippen molar-refractivity contribution in [2.24, 2.45) is 0 Å². The van der Waals surface area contributed by atoms with Gasteiger partial charge >= 0.3 is 0 Å². The second-order valence-electron chi connectivity index (χ2n) is 8.00. The molecule has 0 N–H and O–H groups in total. The molecule has 1 unspecified atom stereocenters. The predicted octanol–water partition coefficient (Wildman–Crippen LogP) is 4.47. The van der Waals surface area contributed by atoms with E-state index in [4.69, 9.17) is 11.6 Å². The Kier molecular flexibility index (Phi) is 5.59. The molecule has 5 nitrogen and oxygen atoms in total. The minimum absolute atomic E-state index is 0.218. The van der Waals surface area contributed by atoms with E-state index in [1.54, 1.807) is 0 Å². The van der Waals surface area contributed by atoms with E-state index in [2.05, 4.69) is 28.0 Å². The third-order valence-corrected chi connectivity index (χ3v) is 6.35. The Hall–Kier alpha value is -2.40. The van der Waals surface area contributed by atoms with E-state index in [9.17, 15) is 4.79 Å². The number of hydrogen-bond donors (Lipinski definition) is 0. The molecule has 152 valence electrons. The summed E-state index contributed by atoms with van der Waals surface area (Å²) in [6.45, 7) is 6.88. The number of aryl methyl sites for hydroxylation is 3. The standard InChI is InChI=1S/C23H27ClN4O/c1-15-13-22-25-16(2)20(17(3)28(22)26-15)10-11-23(29)27-12-6-8-19(27)14-18-7-4-5-9-21(18)24/h4-5,7,9,13,19H,6,8,10-12,14H2,1-3H3. The highest BCUT2D eigenvalue weighted by Gasteiger charge is 2.29. The molecule has 1 amide bonds. The Morgan fingerprint density at radius 2 is 2.03 bits per heavy atom. The first kappa shape index (κ1) is 19.9. The lowest BCUT2D eigenvalue weighted by molar-refractivity contribution is -0.131. The first-order valence-electron chi connectivity index (χ1n) is 10.3. The number of aromatic nitrogens is 3. The van der Waals surface area contributed by atoms with Crippen LogP contribution >= 0.6 is 11.6 Å². The van der Waals surface area contributed by atoms with Gasteiger partial charge in [0.2, 0.25) is 5.91 Å². The van der Waals surface area contributed by atoms with Gasteiger partial charge in [-0.2, -0.15) is 5.10 Å². The van der Waals surface area contributed by atoms with E-state index in [0.717, 1.165) is 64.7 Å². The lowest BCUT2D eigenvalue weighted by Crippen LogP contribution is -2.37. The molecule has 1 atom stereocenters. The molecular weight excluding hydrogens is 384 g/mol. The molecule has 1 aliphatic heterocycles. The van der Waals surface area contributed by atoms with Crippen LogP contribution in [0.15, 0.2) is 30.3 Å². The minimum Gasteiger partial charge on any atom is -0.339 e. The molecule has 0 bridgehead atoms.